The smallest absolute Gasteiger partial charge is 0.338 e. The molecular weight excluding hydrogens is 346 g/mol. The van der Waals surface area contributed by atoms with E-state index >= 15 is 0 Å². The summed E-state index contributed by atoms with van der Waals surface area (Å²) in [5.74, 6) is -1.02. The van der Waals surface area contributed by atoms with Crippen LogP contribution in [0.5, 0.6) is 0 Å². The highest BCUT2D eigenvalue weighted by molar-refractivity contribution is 5.91. The van der Waals surface area contributed by atoms with Crippen molar-refractivity contribution in [3.05, 3.63) is 29.1 Å². The first-order valence-corrected chi connectivity index (χ1v) is 8.28. The molecule has 0 atom stereocenters. The Morgan fingerprint density at radius 2 is 1.96 bits per heavy atom. The molecule has 0 aliphatic carbocycles. The van der Waals surface area contributed by atoms with Gasteiger partial charge in [0, 0.05) is 31.5 Å². The number of nitrogens with two attached hydrogens (primary N) is 1. The topological polar surface area (TPSA) is 88.8 Å². The summed E-state index contributed by atoms with van der Waals surface area (Å²) in [5, 5.41) is 0. The van der Waals surface area contributed by atoms with Gasteiger partial charge in [-0.2, -0.15) is 0 Å². The minimum atomic E-state index is -2.73. The Morgan fingerprint density at radius 3 is 2.54 bits per heavy atom. The zero-order chi connectivity index (χ0) is 19.7. The number of likely N-dealkylation sites (N-methyl/N-ethyl adjacent to an activating group) is 1. The second kappa shape index (κ2) is 10.8. The molecule has 1 rings (SSSR count). The first-order valence-electron chi connectivity index (χ1n) is 8.28. The van der Waals surface area contributed by atoms with E-state index in [1.165, 1.54) is 12.3 Å². The molecule has 0 aliphatic rings. The quantitative estimate of drug-likeness (QED) is 0.609. The van der Waals surface area contributed by atoms with Gasteiger partial charge in [0.15, 0.2) is 6.61 Å². The third-order valence-electron chi connectivity index (χ3n) is 3.81. The van der Waals surface area contributed by atoms with E-state index in [-0.39, 0.29) is 18.0 Å². The number of ether oxygens (including phenoxy) is 1. The highest BCUT2D eigenvalue weighted by atomic mass is 19.3. The van der Waals surface area contributed by atoms with E-state index in [0.717, 1.165) is 0 Å². The van der Waals surface area contributed by atoms with Crippen molar-refractivity contribution in [1.29, 1.82) is 0 Å². The molecule has 0 aromatic carbocycles. The predicted octanol–water partition coefficient (Wildman–Crippen LogP) is 0.703. The van der Waals surface area contributed by atoms with Gasteiger partial charge in [0.25, 0.3) is 6.43 Å². The van der Waals surface area contributed by atoms with Gasteiger partial charge >= 0.3 is 5.97 Å². The molecule has 0 radical (unpaired) electrons. The fourth-order valence-corrected chi connectivity index (χ4v) is 2.38. The van der Waals surface area contributed by atoms with Crippen molar-refractivity contribution in [2.45, 2.75) is 19.8 Å². The van der Waals surface area contributed by atoms with Gasteiger partial charge in [0.1, 0.15) is 0 Å². The summed E-state index contributed by atoms with van der Waals surface area (Å²) in [6, 6.07) is 1.44. The minimum Gasteiger partial charge on any atom is -0.456 e. The molecule has 1 heterocycles. The van der Waals surface area contributed by atoms with Gasteiger partial charge in [0.05, 0.1) is 12.1 Å². The zero-order valence-electron chi connectivity index (χ0n) is 15.4. The highest BCUT2D eigenvalue weighted by Crippen LogP contribution is 2.15. The van der Waals surface area contributed by atoms with E-state index in [2.05, 4.69) is 9.72 Å². The number of esters is 1. The van der Waals surface area contributed by atoms with E-state index in [1.807, 2.05) is 19.0 Å². The van der Waals surface area contributed by atoms with Gasteiger partial charge in [-0.3, -0.25) is 9.78 Å². The molecule has 7 nitrogen and oxygen atoms in total. The Labute approximate surface area is 152 Å². The van der Waals surface area contributed by atoms with Crippen LogP contribution >= 0.6 is 0 Å². The van der Waals surface area contributed by atoms with Crippen molar-refractivity contribution in [3.63, 3.8) is 0 Å². The fourth-order valence-electron chi connectivity index (χ4n) is 2.38. The van der Waals surface area contributed by atoms with E-state index in [1.54, 1.807) is 11.8 Å². The molecule has 26 heavy (non-hydrogen) atoms. The highest BCUT2D eigenvalue weighted by Gasteiger charge is 2.19. The summed E-state index contributed by atoms with van der Waals surface area (Å²) in [6.45, 7) is 2.15. The summed E-state index contributed by atoms with van der Waals surface area (Å²) in [4.78, 5) is 31.8. The van der Waals surface area contributed by atoms with Gasteiger partial charge in [-0.15, -0.1) is 0 Å². The van der Waals surface area contributed by atoms with Gasteiger partial charge in [-0.25, -0.2) is 13.6 Å². The van der Waals surface area contributed by atoms with Crippen molar-refractivity contribution in [2.24, 2.45) is 5.73 Å². The summed E-state index contributed by atoms with van der Waals surface area (Å²) >= 11 is 0. The van der Waals surface area contributed by atoms with Crippen LogP contribution in [0.4, 0.5) is 8.78 Å². The van der Waals surface area contributed by atoms with Crippen LogP contribution in [0.25, 0.3) is 0 Å². The molecule has 0 saturated heterocycles. The lowest BCUT2D eigenvalue weighted by Crippen LogP contribution is -2.41. The first-order chi connectivity index (χ1) is 12.3. The van der Waals surface area contributed by atoms with Crippen LogP contribution in [0.15, 0.2) is 12.3 Å². The van der Waals surface area contributed by atoms with Crippen LogP contribution in [0.3, 0.4) is 0 Å². The van der Waals surface area contributed by atoms with Gasteiger partial charge in [0.2, 0.25) is 5.91 Å². The molecule has 146 valence electrons. The number of nitrogens with zero attached hydrogens (tertiary/aromatic N) is 3. The Hall–Kier alpha value is -2.13. The monoisotopic (exact) mass is 372 g/mol. The number of aromatic nitrogens is 1. The summed E-state index contributed by atoms with van der Waals surface area (Å²) in [5.41, 5.74) is 6.81. The van der Waals surface area contributed by atoms with Crippen molar-refractivity contribution in [3.8, 4) is 0 Å². The van der Waals surface area contributed by atoms with E-state index in [9.17, 15) is 18.4 Å². The van der Waals surface area contributed by atoms with Crippen LogP contribution < -0.4 is 5.73 Å². The molecule has 9 heteroatoms. The lowest BCUT2D eigenvalue weighted by Gasteiger charge is -2.24. The molecule has 0 spiro atoms. The second-order valence-electron chi connectivity index (χ2n) is 6.05. The first kappa shape index (κ1) is 21.9. The number of alkyl halides is 2. The molecule has 1 aromatic rings. The maximum absolute atomic E-state index is 12.3. The number of aryl methyl sites for hydroxylation is 1. The average molecular weight is 372 g/mol. The lowest BCUT2D eigenvalue weighted by molar-refractivity contribution is -0.129. The molecule has 0 aliphatic heterocycles. The van der Waals surface area contributed by atoms with Gasteiger partial charge < -0.3 is 20.3 Å². The number of pyridine rings is 1. The van der Waals surface area contributed by atoms with Gasteiger partial charge in [-0.1, -0.05) is 0 Å². The molecule has 2 N–H and O–H groups in total. The fraction of sp³-hybridized carbons (Fsp3) is 0.588. The van der Waals surface area contributed by atoms with Crippen molar-refractivity contribution < 1.29 is 23.1 Å². The van der Waals surface area contributed by atoms with E-state index in [0.29, 0.717) is 37.3 Å². The van der Waals surface area contributed by atoms with E-state index in [4.69, 9.17) is 5.73 Å². The molecule has 0 bridgehead atoms. The van der Waals surface area contributed by atoms with E-state index < -0.39 is 19.0 Å². The summed E-state index contributed by atoms with van der Waals surface area (Å²) < 4.78 is 29.2. The predicted molar refractivity (Wildman–Crippen MR) is 93.2 cm³/mol. The van der Waals surface area contributed by atoms with Crippen LogP contribution in [0.1, 0.15) is 21.6 Å². The van der Waals surface area contributed by atoms with Gasteiger partial charge in [-0.05, 0) is 39.1 Å². The maximum atomic E-state index is 12.3. The molecular formula is C17H26F2N4O3. The third-order valence-corrected chi connectivity index (χ3v) is 3.81. The number of halogens is 2. The Balaban J connectivity index is 2.89. The number of amides is 1. The summed E-state index contributed by atoms with van der Waals surface area (Å²) in [6.07, 6.45) is -0.959. The average Bonchev–Trinajstić information content (AvgIpc) is 2.59. The standard InChI is InChI=1S/C17H26F2N4O3/c1-12-13(5-7-23(16(24)10-20)9-8-22(2)3)14(4-6-21-12)17(25)26-11-15(18)19/h4,6,15H,5,7-11,20H2,1-3H3. The van der Waals surface area contributed by atoms with Crippen LogP contribution in [0.2, 0.25) is 0 Å². The zero-order valence-corrected chi connectivity index (χ0v) is 15.4. The van der Waals surface area contributed by atoms with Crippen molar-refractivity contribution >= 4 is 11.9 Å². The number of hydrogen-bond acceptors (Lipinski definition) is 6. The van der Waals surface area contributed by atoms with Crippen LogP contribution in [0, 0.1) is 6.92 Å². The molecule has 0 saturated carbocycles. The largest absolute Gasteiger partial charge is 0.456 e. The Morgan fingerprint density at radius 1 is 1.27 bits per heavy atom. The number of carbonyl (C=O) groups is 2. The van der Waals surface area contributed by atoms with Crippen molar-refractivity contribution in [1.82, 2.24) is 14.8 Å². The SMILES string of the molecule is Cc1nccc(C(=O)OCC(F)F)c1CCN(CCN(C)C)C(=O)CN. The summed E-state index contributed by atoms with van der Waals surface area (Å²) in [7, 11) is 3.79. The number of rotatable bonds is 10. The molecule has 0 unspecified atom stereocenters. The maximum Gasteiger partial charge on any atom is 0.338 e. The number of carbonyl (C=O) groups excluding carboxylic acids is 2. The molecule has 0 fully saturated rings. The normalized spacial score (nSPS) is 11.1. The minimum absolute atomic E-state index is 0.108. The van der Waals surface area contributed by atoms with Crippen molar-refractivity contribution in [2.75, 3.05) is 46.9 Å². The molecule has 1 aromatic heterocycles. The third kappa shape index (κ3) is 7.01. The Kier molecular flexibility index (Phi) is 9.08. The lowest BCUT2D eigenvalue weighted by atomic mass is 10.0. The second-order valence-corrected chi connectivity index (χ2v) is 6.05. The van der Waals surface area contributed by atoms with Crippen LogP contribution in [-0.4, -0.2) is 80.0 Å². The molecule has 1 amide bonds. The van der Waals surface area contributed by atoms with Crippen LogP contribution in [-0.2, 0) is 16.0 Å². The number of hydrogen-bond donors (Lipinski definition) is 1. The Bertz CT molecular complexity index is 612.